The first-order chi connectivity index (χ1) is 9.06. The van der Waals surface area contributed by atoms with Crippen LogP contribution in [0.4, 0.5) is 5.95 Å². The fraction of sp³-hybridized carbons (Fsp3) is 0.500. The van der Waals surface area contributed by atoms with Crippen molar-refractivity contribution in [2.75, 3.05) is 11.9 Å². The van der Waals surface area contributed by atoms with Gasteiger partial charge in [0.05, 0.1) is 0 Å². The summed E-state index contributed by atoms with van der Waals surface area (Å²) in [6.45, 7) is 7.34. The van der Waals surface area contributed by atoms with E-state index in [9.17, 15) is 0 Å². The first-order valence-electron chi connectivity index (χ1n) is 6.20. The van der Waals surface area contributed by atoms with Crippen molar-refractivity contribution in [3.8, 4) is 5.95 Å². The Labute approximate surface area is 117 Å². The first kappa shape index (κ1) is 13.7. The molecule has 0 spiro atoms. The van der Waals surface area contributed by atoms with Crippen molar-refractivity contribution in [1.82, 2.24) is 24.5 Å². The molecular weight excluding hydrogens is 264 g/mol. The molecule has 0 saturated carbocycles. The minimum Gasteiger partial charge on any atom is -0.354 e. The zero-order valence-electron chi connectivity index (χ0n) is 11.2. The van der Waals surface area contributed by atoms with Crippen LogP contribution in [0.25, 0.3) is 5.95 Å². The van der Waals surface area contributed by atoms with Gasteiger partial charge in [0.25, 0.3) is 0 Å². The van der Waals surface area contributed by atoms with Crippen molar-refractivity contribution in [2.24, 2.45) is 11.8 Å². The Bertz CT molecular complexity index is 525. The largest absolute Gasteiger partial charge is 0.354 e. The van der Waals surface area contributed by atoms with Crippen molar-refractivity contribution in [3.05, 3.63) is 24.0 Å². The van der Waals surface area contributed by atoms with Gasteiger partial charge in [-0.15, -0.1) is 0 Å². The molecule has 1 unspecified atom stereocenters. The van der Waals surface area contributed by atoms with Crippen LogP contribution < -0.4 is 5.32 Å². The van der Waals surface area contributed by atoms with Crippen molar-refractivity contribution in [3.63, 3.8) is 0 Å². The number of aromatic nitrogens is 5. The van der Waals surface area contributed by atoms with E-state index in [0.29, 0.717) is 23.7 Å². The molecule has 1 N–H and O–H groups in total. The molecule has 0 aliphatic carbocycles. The Morgan fingerprint density at radius 3 is 2.68 bits per heavy atom. The summed E-state index contributed by atoms with van der Waals surface area (Å²) in [5.41, 5.74) is 0. The van der Waals surface area contributed by atoms with E-state index in [1.54, 1.807) is 23.3 Å². The van der Waals surface area contributed by atoms with E-state index in [1.807, 2.05) is 0 Å². The third-order valence-corrected chi connectivity index (χ3v) is 3.22. The van der Waals surface area contributed by atoms with Crippen LogP contribution in [-0.2, 0) is 0 Å². The van der Waals surface area contributed by atoms with Crippen LogP contribution in [0.1, 0.15) is 20.8 Å². The van der Waals surface area contributed by atoms with E-state index in [2.05, 4.69) is 46.0 Å². The van der Waals surface area contributed by atoms with Crippen LogP contribution in [0.15, 0.2) is 18.7 Å². The summed E-state index contributed by atoms with van der Waals surface area (Å²) in [5, 5.41) is 3.35. The van der Waals surface area contributed by atoms with E-state index in [1.165, 1.54) is 0 Å². The molecule has 6 nitrogen and oxygen atoms in total. The molecule has 0 saturated heterocycles. The molecule has 0 amide bonds. The Hall–Kier alpha value is -1.69. The lowest BCUT2D eigenvalue weighted by atomic mass is 9.98. The van der Waals surface area contributed by atoms with Gasteiger partial charge in [-0.25, -0.2) is 4.98 Å². The normalized spacial score (nSPS) is 12.7. The van der Waals surface area contributed by atoms with Gasteiger partial charge in [-0.2, -0.15) is 15.0 Å². The van der Waals surface area contributed by atoms with Crippen molar-refractivity contribution in [2.45, 2.75) is 20.8 Å². The molecule has 0 aliphatic heterocycles. The molecule has 0 aromatic carbocycles. The van der Waals surface area contributed by atoms with Crippen LogP contribution in [0.3, 0.4) is 0 Å². The average molecular weight is 281 g/mol. The highest BCUT2D eigenvalue weighted by Crippen LogP contribution is 2.12. The van der Waals surface area contributed by atoms with Crippen molar-refractivity contribution in [1.29, 1.82) is 0 Å². The van der Waals surface area contributed by atoms with Gasteiger partial charge < -0.3 is 5.32 Å². The zero-order chi connectivity index (χ0) is 13.8. The van der Waals surface area contributed by atoms with E-state index in [-0.39, 0.29) is 5.28 Å². The quantitative estimate of drug-likeness (QED) is 0.911. The van der Waals surface area contributed by atoms with Crippen LogP contribution in [0.2, 0.25) is 5.28 Å². The zero-order valence-corrected chi connectivity index (χ0v) is 12.0. The predicted octanol–water partition coefficient (Wildman–Crippen LogP) is 2.41. The number of anilines is 1. The highest BCUT2D eigenvalue weighted by Gasteiger charge is 2.10. The number of imidazole rings is 1. The molecule has 0 aliphatic rings. The summed E-state index contributed by atoms with van der Waals surface area (Å²) in [5.74, 6) is 2.05. The average Bonchev–Trinajstić information content (AvgIpc) is 2.89. The molecule has 7 heteroatoms. The summed E-state index contributed by atoms with van der Waals surface area (Å²) in [6.07, 6.45) is 5.03. The molecule has 2 heterocycles. The standard InChI is InChI=1S/C12H17ClN6/c1-8(2)9(3)6-15-11-16-10(13)17-12(18-11)19-5-4-14-7-19/h4-5,7-9H,6H2,1-3H3,(H,15,16,17,18). The molecule has 0 fully saturated rings. The Kier molecular flexibility index (Phi) is 4.31. The van der Waals surface area contributed by atoms with Crippen LogP contribution in [-0.4, -0.2) is 31.0 Å². The van der Waals surface area contributed by atoms with Crippen molar-refractivity contribution < 1.29 is 0 Å². The van der Waals surface area contributed by atoms with E-state index in [4.69, 9.17) is 11.6 Å². The highest BCUT2D eigenvalue weighted by molar-refractivity contribution is 6.28. The molecular formula is C12H17ClN6. The predicted molar refractivity (Wildman–Crippen MR) is 74.5 cm³/mol. The monoisotopic (exact) mass is 280 g/mol. The second-order valence-electron chi connectivity index (χ2n) is 4.80. The topological polar surface area (TPSA) is 68.5 Å². The van der Waals surface area contributed by atoms with Gasteiger partial charge in [0.15, 0.2) is 0 Å². The van der Waals surface area contributed by atoms with Gasteiger partial charge >= 0.3 is 0 Å². The van der Waals surface area contributed by atoms with Gasteiger partial charge in [0.1, 0.15) is 6.33 Å². The van der Waals surface area contributed by atoms with Gasteiger partial charge in [0, 0.05) is 18.9 Å². The minimum atomic E-state index is 0.165. The maximum atomic E-state index is 5.91. The molecule has 102 valence electrons. The summed E-state index contributed by atoms with van der Waals surface area (Å²) < 4.78 is 1.69. The Morgan fingerprint density at radius 2 is 2.05 bits per heavy atom. The lowest BCUT2D eigenvalue weighted by molar-refractivity contribution is 0.439. The molecule has 0 bridgehead atoms. The number of hydrogen-bond acceptors (Lipinski definition) is 5. The summed E-state index contributed by atoms with van der Waals surface area (Å²) >= 11 is 5.91. The number of rotatable bonds is 5. The minimum absolute atomic E-state index is 0.165. The highest BCUT2D eigenvalue weighted by atomic mass is 35.5. The number of nitrogens with one attached hydrogen (secondary N) is 1. The second-order valence-corrected chi connectivity index (χ2v) is 5.14. The third-order valence-electron chi connectivity index (χ3n) is 3.05. The molecule has 1 atom stereocenters. The number of nitrogens with zero attached hydrogens (tertiary/aromatic N) is 5. The van der Waals surface area contributed by atoms with Crippen LogP contribution in [0, 0.1) is 11.8 Å². The summed E-state index contributed by atoms with van der Waals surface area (Å²) in [4.78, 5) is 16.4. The van der Waals surface area contributed by atoms with Gasteiger partial charge in [-0.1, -0.05) is 20.8 Å². The molecule has 19 heavy (non-hydrogen) atoms. The van der Waals surface area contributed by atoms with Gasteiger partial charge in [-0.3, -0.25) is 4.57 Å². The van der Waals surface area contributed by atoms with E-state index in [0.717, 1.165) is 6.54 Å². The first-order valence-corrected chi connectivity index (χ1v) is 6.58. The van der Waals surface area contributed by atoms with Crippen molar-refractivity contribution >= 4 is 17.5 Å². The van der Waals surface area contributed by atoms with E-state index < -0.39 is 0 Å². The summed E-state index contributed by atoms with van der Waals surface area (Å²) in [6, 6.07) is 0. The molecule has 2 aromatic rings. The SMILES string of the molecule is CC(C)C(C)CNc1nc(Cl)nc(-n2ccnc2)n1. The van der Waals surface area contributed by atoms with Crippen LogP contribution in [0.5, 0.6) is 0 Å². The molecule has 2 aromatic heterocycles. The van der Waals surface area contributed by atoms with Gasteiger partial charge in [-0.05, 0) is 23.4 Å². The van der Waals surface area contributed by atoms with E-state index >= 15 is 0 Å². The number of hydrogen-bond donors (Lipinski definition) is 1. The maximum Gasteiger partial charge on any atom is 0.241 e. The molecule has 0 radical (unpaired) electrons. The summed E-state index contributed by atoms with van der Waals surface area (Å²) in [7, 11) is 0. The third kappa shape index (κ3) is 3.64. The number of halogens is 1. The smallest absolute Gasteiger partial charge is 0.241 e. The fourth-order valence-corrected chi connectivity index (χ4v) is 1.56. The second kappa shape index (κ2) is 5.97. The Morgan fingerprint density at radius 1 is 1.26 bits per heavy atom. The maximum absolute atomic E-state index is 5.91. The van der Waals surface area contributed by atoms with Crippen LogP contribution >= 0.6 is 11.6 Å². The molecule has 2 rings (SSSR count). The van der Waals surface area contributed by atoms with Gasteiger partial charge in [0.2, 0.25) is 17.2 Å². The fourth-order valence-electron chi connectivity index (χ4n) is 1.40. The Balaban J connectivity index is 2.13. The lowest BCUT2D eigenvalue weighted by Gasteiger charge is -2.16. The lowest BCUT2D eigenvalue weighted by Crippen LogP contribution is -2.18.